The molecule has 2 rings (SSSR count). The van der Waals surface area contributed by atoms with Crippen LogP contribution in [0.5, 0.6) is 0 Å². The van der Waals surface area contributed by atoms with Gasteiger partial charge in [-0.25, -0.2) is 4.39 Å². The predicted molar refractivity (Wildman–Crippen MR) is 69.3 cm³/mol. The third-order valence-corrected chi connectivity index (χ3v) is 2.84. The summed E-state index contributed by atoms with van der Waals surface area (Å²) in [4.78, 5) is 14.5. The second-order valence-electron chi connectivity index (χ2n) is 4.00. The van der Waals surface area contributed by atoms with E-state index in [2.05, 4.69) is 10.3 Å². The van der Waals surface area contributed by atoms with Gasteiger partial charge in [-0.3, -0.25) is 4.79 Å². The summed E-state index contributed by atoms with van der Waals surface area (Å²) in [6.45, 7) is -0.136. The highest BCUT2D eigenvalue weighted by atomic mass is 35.5. The van der Waals surface area contributed by atoms with Gasteiger partial charge in [-0.15, -0.1) is 0 Å². The molecule has 0 aliphatic heterocycles. The van der Waals surface area contributed by atoms with Crippen LogP contribution in [0.1, 0.15) is 21.6 Å². The number of halogens is 2. The summed E-state index contributed by atoms with van der Waals surface area (Å²) >= 11 is 5.70. The topological polar surface area (TPSA) is 65.1 Å². The third kappa shape index (κ3) is 3.33. The fourth-order valence-electron chi connectivity index (χ4n) is 1.64. The molecule has 19 heavy (non-hydrogen) atoms. The van der Waals surface area contributed by atoms with E-state index in [4.69, 9.17) is 16.7 Å². The first-order chi connectivity index (χ1) is 9.10. The monoisotopic (exact) mass is 282 g/mol. The van der Waals surface area contributed by atoms with Crippen LogP contribution in [0.3, 0.4) is 0 Å². The highest BCUT2D eigenvalue weighted by Gasteiger charge is 2.08. The molecule has 0 saturated carbocycles. The highest BCUT2D eigenvalue weighted by Crippen LogP contribution is 2.12. The molecule has 1 aromatic heterocycles. The average Bonchev–Trinajstić information content (AvgIpc) is 2.84. The molecule has 0 saturated heterocycles. The standard InChI is InChI=1S/C13H12ClFN2O2/c14-10-4-12(16-6-10)13(19)17-5-8-1-2-11(15)9(3-8)7-18/h1-4,6,16,18H,5,7H2,(H,17,19). The maximum Gasteiger partial charge on any atom is 0.268 e. The molecule has 2 aromatic rings. The molecule has 0 fully saturated rings. The van der Waals surface area contributed by atoms with Gasteiger partial charge >= 0.3 is 0 Å². The number of H-pyrrole nitrogens is 1. The molecule has 0 spiro atoms. The van der Waals surface area contributed by atoms with Gasteiger partial charge in [0.15, 0.2) is 0 Å². The zero-order valence-corrected chi connectivity index (χ0v) is 10.7. The molecule has 0 aliphatic carbocycles. The number of rotatable bonds is 4. The number of aliphatic hydroxyl groups is 1. The molecule has 100 valence electrons. The molecule has 1 aromatic carbocycles. The van der Waals surface area contributed by atoms with E-state index >= 15 is 0 Å². The van der Waals surface area contributed by atoms with Crippen LogP contribution >= 0.6 is 11.6 Å². The number of hydrogen-bond donors (Lipinski definition) is 3. The molecule has 6 heteroatoms. The van der Waals surface area contributed by atoms with Crippen molar-refractivity contribution in [2.75, 3.05) is 0 Å². The van der Waals surface area contributed by atoms with E-state index < -0.39 is 5.82 Å². The van der Waals surface area contributed by atoms with Crippen LogP contribution in [0.4, 0.5) is 4.39 Å². The van der Waals surface area contributed by atoms with E-state index in [0.717, 1.165) is 0 Å². The van der Waals surface area contributed by atoms with E-state index in [9.17, 15) is 9.18 Å². The summed E-state index contributed by atoms with van der Waals surface area (Å²) in [5, 5.41) is 12.1. The van der Waals surface area contributed by atoms with E-state index in [1.54, 1.807) is 6.07 Å². The first-order valence-corrected chi connectivity index (χ1v) is 5.98. The fourth-order valence-corrected chi connectivity index (χ4v) is 1.80. The quantitative estimate of drug-likeness (QED) is 0.805. The smallest absolute Gasteiger partial charge is 0.268 e. The van der Waals surface area contributed by atoms with Crippen molar-refractivity contribution in [2.45, 2.75) is 13.2 Å². The van der Waals surface area contributed by atoms with Gasteiger partial charge in [0.25, 0.3) is 5.91 Å². The van der Waals surface area contributed by atoms with Crippen LogP contribution in [-0.2, 0) is 13.2 Å². The number of benzene rings is 1. The van der Waals surface area contributed by atoms with Crippen LogP contribution in [0.25, 0.3) is 0 Å². The molecular weight excluding hydrogens is 271 g/mol. The molecule has 0 bridgehead atoms. The minimum atomic E-state index is -0.464. The minimum absolute atomic E-state index is 0.203. The van der Waals surface area contributed by atoms with Gasteiger partial charge in [0, 0.05) is 18.3 Å². The normalized spacial score (nSPS) is 10.5. The van der Waals surface area contributed by atoms with Gasteiger partial charge in [0.1, 0.15) is 11.5 Å². The van der Waals surface area contributed by atoms with E-state index in [0.29, 0.717) is 16.3 Å². The number of hydrogen-bond acceptors (Lipinski definition) is 2. The van der Waals surface area contributed by atoms with Crippen molar-refractivity contribution in [1.82, 2.24) is 10.3 Å². The Hall–Kier alpha value is -1.85. The Bertz CT molecular complexity index is 598. The molecule has 0 atom stereocenters. The van der Waals surface area contributed by atoms with Crippen LogP contribution in [-0.4, -0.2) is 16.0 Å². The molecule has 1 heterocycles. The largest absolute Gasteiger partial charge is 0.392 e. The second-order valence-corrected chi connectivity index (χ2v) is 4.43. The predicted octanol–water partition coefficient (Wildman–Crippen LogP) is 2.23. The number of aromatic amines is 1. The van der Waals surface area contributed by atoms with Crippen molar-refractivity contribution >= 4 is 17.5 Å². The molecule has 1 amide bonds. The third-order valence-electron chi connectivity index (χ3n) is 2.63. The fraction of sp³-hybridized carbons (Fsp3) is 0.154. The summed E-state index contributed by atoms with van der Waals surface area (Å²) < 4.78 is 13.2. The Kier molecular flexibility index (Phi) is 4.19. The lowest BCUT2D eigenvalue weighted by Gasteiger charge is -2.06. The first-order valence-electron chi connectivity index (χ1n) is 5.60. The lowest BCUT2D eigenvalue weighted by molar-refractivity contribution is 0.0946. The van der Waals surface area contributed by atoms with E-state index in [1.165, 1.54) is 24.4 Å². The van der Waals surface area contributed by atoms with E-state index in [1.807, 2.05) is 0 Å². The lowest BCUT2D eigenvalue weighted by atomic mass is 10.1. The number of amides is 1. The van der Waals surface area contributed by atoms with Gasteiger partial charge in [-0.05, 0) is 23.8 Å². The Balaban J connectivity index is 2.01. The number of aliphatic hydroxyl groups excluding tert-OH is 1. The van der Waals surface area contributed by atoms with Crippen molar-refractivity contribution in [3.05, 3.63) is 58.1 Å². The van der Waals surface area contributed by atoms with Gasteiger partial charge in [-0.2, -0.15) is 0 Å². The van der Waals surface area contributed by atoms with Crippen LogP contribution in [0.2, 0.25) is 5.02 Å². The number of nitrogens with one attached hydrogen (secondary N) is 2. The number of aromatic nitrogens is 1. The van der Waals surface area contributed by atoms with Crippen LogP contribution in [0, 0.1) is 5.82 Å². The average molecular weight is 283 g/mol. The van der Waals surface area contributed by atoms with Crippen molar-refractivity contribution < 1.29 is 14.3 Å². The Labute approximate surface area is 114 Å². The molecule has 4 nitrogen and oxygen atoms in total. The Morgan fingerprint density at radius 2 is 2.21 bits per heavy atom. The second kappa shape index (κ2) is 5.86. The SMILES string of the molecule is O=C(NCc1ccc(F)c(CO)c1)c1cc(Cl)c[nH]1. The van der Waals surface area contributed by atoms with Gasteiger partial charge in [0.2, 0.25) is 0 Å². The number of carbonyl (C=O) groups is 1. The minimum Gasteiger partial charge on any atom is -0.392 e. The van der Waals surface area contributed by atoms with Crippen LogP contribution in [0.15, 0.2) is 30.5 Å². The summed E-state index contributed by atoms with van der Waals surface area (Å²) in [7, 11) is 0. The summed E-state index contributed by atoms with van der Waals surface area (Å²) in [6, 6.07) is 5.84. The van der Waals surface area contributed by atoms with Gasteiger partial charge in [-0.1, -0.05) is 17.7 Å². The molecular formula is C13H12ClFN2O2. The van der Waals surface area contributed by atoms with Crippen LogP contribution < -0.4 is 5.32 Å². The maximum absolute atomic E-state index is 13.2. The van der Waals surface area contributed by atoms with Gasteiger partial charge < -0.3 is 15.4 Å². The highest BCUT2D eigenvalue weighted by molar-refractivity contribution is 6.30. The van der Waals surface area contributed by atoms with Crippen molar-refractivity contribution in [3.63, 3.8) is 0 Å². The summed E-state index contributed by atoms with van der Waals surface area (Å²) in [6.07, 6.45) is 1.51. The summed E-state index contributed by atoms with van der Waals surface area (Å²) in [5.74, 6) is -0.768. The Morgan fingerprint density at radius 1 is 1.42 bits per heavy atom. The molecule has 3 N–H and O–H groups in total. The molecule has 0 aliphatic rings. The Morgan fingerprint density at radius 3 is 2.84 bits per heavy atom. The maximum atomic E-state index is 13.2. The zero-order valence-electron chi connectivity index (χ0n) is 9.91. The van der Waals surface area contributed by atoms with E-state index in [-0.39, 0.29) is 24.6 Å². The molecule has 0 radical (unpaired) electrons. The van der Waals surface area contributed by atoms with Crippen molar-refractivity contribution in [1.29, 1.82) is 0 Å². The number of carbonyl (C=O) groups excluding carboxylic acids is 1. The first kappa shape index (κ1) is 13.6. The van der Waals surface area contributed by atoms with Crippen molar-refractivity contribution in [2.24, 2.45) is 0 Å². The lowest BCUT2D eigenvalue weighted by Crippen LogP contribution is -2.23. The summed E-state index contributed by atoms with van der Waals surface area (Å²) in [5.41, 5.74) is 1.26. The molecule has 0 unspecified atom stereocenters. The van der Waals surface area contributed by atoms with Gasteiger partial charge in [0.05, 0.1) is 11.6 Å². The van der Waals surface area contributed by atoms with Crippen molar-refractivity contribution in [3.8, 4) is 0 Å². The zero-order chi connectivity index (χ0) is 13.8.